The molecule has 0 fully saturated rings. The van der Waals surface area contributed by atoms with Crippen molar-refractivity contribution in [1.82, 2.24) is 10.6 Å². The SMILES string of the molecule is CNC(=O)c1cccc(C(=O)NC(C)CC(O)c2ccc(F)cc2)c1. The third-order valence-corrected chi connectivity index (χ3v) is 3.82. The number of hydrogen-bond donors (Lipinski definition) is 3. The van der Waals surface area contributed by atoms with Gasteiger partial charge < -0.3 is 15.7 Å². The zero-order valence-electron chi connectivity index (χ0n) is 14.1. The summed E-state index contributed by atoms with van der Waals surface area (Å²) in [7, 11) is 1.52. The van der Waals surface area contributed by atoms with E-state index >= 15 is 0 Å². The highest BCUT2D eigenvalue weighted by atomic mass is 19.1. The number of aliphatic hydroxyl groups is 1. The summed E-state index contributed by atoms with van der Waals surface area (Å²) in [6.45, 7) is 1.77. The van der Waals surface area contributed by atoms with E-state index in [0.29, 0.717) is 16.7 Å². The Morgan fingerprint density at radius 1 is 1.08 bits per heavy atom. The quantitative estimate of drug-likeness (QED) is 0.753. The Bertz CT molecular complexity index is 747. The van der Waals surface area contributed by atoms with Gasteiger partial charge in [-0.15, -0.1) is 0 Å². The van der Waals surface area contributed by atoms with Gasteiger partial charge in [-0.05, 0) is 49.2 Å². The first kappa shape index (κ1) is 18.6. The van der Waals surface area contributed by atoms with Crippen LogP contribution in [0.4, 0.5) is 4.39 Å². The summed E-state index contributed by atoms with van der Waals surface area (Å²) < 4.78 is 12.9. The van der Waals surface area contributed by atoms with Crippen LogP contribution in [0.5, 0.6) is 0 Å². The number of halogens is 1. The van der Waals surface area contributed by atoms with Gasteiger partial charge in [0.25, 0.3) is 11.8 Å². The molecule has 0 bridgehead atoms. The summed E-state index contributed by atoms with van der Waals surface area (Å²) in [5, 5.41) is 15.5. The highest BCUT2D eigenvalue weighted by Crippen LogP contribution is 2.19. The predicted octanol–water partition coefficient (Wildman–Crippen LogP) is 2.43. The van der Waals surface area contributed by atoms with Crippen LogP contribution in [0.3, 0.4) is 0 Å². The van der Waals surface area contributed by atoms with Crippen LogP contribution in [0.2, 0.25) is 0 Å². The van der Waals surface area contributed by atoms with Crippen LogP contribution in [-0.4, -0.2) is 30.0 Å². The van der Waals surface area contributed by atoms with Crippen LogP contribution in [0.25, 0.3) is 0 Å². The first-order chi connectivity index (χ1) is 11.9. The summed E-state index contributed by atoms with van der Waals surface area (Å²) >= 11 is 0. The lowest BCUT2D eigenvalue weighted by molar-refractivity contribution is 0.0917. The maximum Gasteiger partial charge on any atom is 0.251 e. The molecule has 2 unspecified atom stereocenters. The lowest BCUT2D eigenvalue weighted by Gasteiger charge is -2.18. The zero-order valence-corrected chi connectivity index (χ0v) is 14.1. The molecule has 0 heterocycles. The topological polar surface area (TPSA) is 78.4 Å². The minimum atomic E-state index is -0.812. The predicted molar refractivity (Wildman–Crippen MR) is 92.7 cm³/mol. The molecule has 0 aliphatic rings. The third kappa shape index (κ3) is 5.12. The van der Waals surface area contributed by atoms with Gasteiger partial charge in [-0.25, -0.2) is 4.39 Å². The van der Waals surface area contributed by atoms with E-state index in [2.05, 4.69) is 10.6 Å². The molecule has 132 valence electrons. The van der Waals surface area contributed by atoms with Crippen molar-refractivity contribution in [3.8, 4) is 0 Å². The van der Waals surface area contributed by atoms with Crippen LogP contribution >= 0.6 is 0 Å². The molecule has 2 aromatic rings. The smallest absolute Gasteiger partial charge is 0.251 e. The molecule has 2 amide bonds. The van der Waals surface area contributed by atoms with Crippen molar-refractivity contribution >= 4 is 11.8 Å². The highest BCUT2D eigenvalue weighted by Gasteiger charge is 2.16. The van der Waals surface area contributed by atoms with Crippen molar-refractivity contribution in [3.63, 3.8) is 0 Å². The molecule has 0 aromatic heterocycles. The van der Waals surface area contributed by atoms with Gasteiger partial charge in [0.15, 0.2) is 0 Å². The van der Waals surface area contributed by atoms with Crippen LogP contribution in [0, 0.1) is 5.82 Å². The Kier molecular flexibility index (Phi) is 6.25. The van der Waals surface area contributed by atoms with Crippen LogP contribution < -0.4 is 10.6 Å². The van der Waals surface area contributed by atoms with Crippen LogP contribution in [-0.2, 0) is 0 Å². The summed E-state index contributed by atoms with van der Waals surface area (Å²) in [5.41, 5.74) is 1.35. The van der Waals surface area contributed by atoms with Crippen molar-refractivity contribution in [3.05, 3.63) is 71.0 Å². The molecular weight excluding hydrogens is 323 g/mol. The van der Waals surface area contributed by atoms with Gasteiger partial charge in [0.05, 0.1) is 6.10 Å². The number of carbonyl (C=O) groups excluding carboxylic acids is 2. The molecule has 0 spiro atoms. The van der Waals surface area contributed by atoms with E-state index < -0.39 is 6.10 Å². The number of rotatable bonds is 6. The fourth-order valence-corrected chi connectivity index (χ4v) is 2.47. The van der Waals surface area contributed by atoms with Crippen molar-refractivity contribution in [2.24, 2.45) is 0 Å². The Morgan fingerprint density at radius 2 is 1.68 bits per heavy atom. The third-order valence-electron chi connectivity index (χ3n) is 3.82. The second kappa shape index (κ2) is 8.39. The monoisotopic (exact) mass is 344 g/mol. The van der Waals surface area contributed by atoms with Gasteiger partial charge in [0, 0.05) is 24.2 Å². The second-order valence-corrected chi connectivity index (χ2v) is 5.84. The Labute approximate surface area is 145 Å². The number of aliphatic hydroxyl groups excluding tert-OH is 1. The van der Waals surface area contributed by atoms with Gasteiger partial charge in [0.2, 0.25) is 0 Å². The molecule has 0 aliphatic carbocycles. The first-order valence-electron chi connectivity index (χ1n) is 7.97. The van der Waals surface area contributed by atoms with E-state index in [0.717, 1.165) is 0 Å². The Morgan fingerprint density at radius 3 is 2.28 bits per heavy atom. The minimum Gasteiger partial charge on any atom is -0.388 e. The van der Waals surface area contributed by atoms with E-state index in [-0.39, 0.29) is 30.1 Å². The van der Waals surface area contributed by atoms with E-state index in [4.69, 9.17) is 0 Å². The lowest BCUT2D eigenvalue weighted by atomic mass is 10.0. The van der Waals surface area contributed by atoms with E-state index in [9.17, 15) is 19.1 Å². The van der Waals surface area contributed by atoms with Gasteiger partial charge in [-0.2, -0.15) is 0 Å². The van der Waals surface area contributed by atoms with Gasteiger partial charge in [-0.3, -0.25) is 9.59 Å². The second-order valence-electron chi connectivity index (χ2n) is 5.84. The summed E-state index contributed by atoms with van der Waals surface area (Å²) in [4.78, 5) is 23.9. The molecule has 2 rings (SSSR count). The summed E-state index contributed by atoms with van der Waals surface area (Å²) in [6, 6.07) is 11.7. The average Bonchev–Trinajstić information content (AvgIpc) is 2.61. The number of nitrogens with one attached hydrogen (secondary N) is 2. The maximum absolute atomic E-state index is 12.9. The van der Waals surface area contributed by atoms with Crippen LogP contribution in [0.1, 0.15) is 45.7 Å². The van der Waals surface area contributed by atoms with Crippen LogP contribution in [0.15, 0.2) is 48.5 Å². The highest BCUT2D eigenvalue weighted by molar-refractivity contribution is 5.99. The molecule has 0 saturated carbocycles. The number of benzene rings is 2. The standard InChI is InChI=1S/C19H21FN2O3/c1-12(10-17(23)13-6-8-16(20)9-7-13)22-19(25)15-5-3-4-14(11-15)18(24)21-2/h3-9,11-12,17,23H,10H2,1-2H3,(H,21,24)(H,22,25). The normalized spacial score (nSPS) is 13.0. The van der Waals surface area contributed by atoms with Crippen molar-refractivity contribution < 1.29 is 19.1 Å². The fourth-order valence-electron chi connectivity index (χ4n) is 2.47. The molecule has 0 aliphatic heterocycles. The Hall–Kier alpha value is -2.73. The van der Waals surface area contributed by atoms with E-state index in [1.165, 1.54) is 37.4 Å². The molecule has 2 aromatic carbocycles. The molecule has 2 atom stereocenters. The van der Waals surface area contributed by atoms with Gasteiger partial charge in [0.1, 0.15) is 5.82 Å². The van der Waals surface area contributed by atoms with Crippen molar-refractivity contribution in [2.45, 2.75) is 25.5 Å². The maximum atomic E-state index is 12.9. The van der Waals surface area contributed by atoms with Crippen molar-refractivity contribution in [1.29, 1.82) is 0 Å². The molecule has 25 heavy (non-hydrogen) atoms. The minimum absolute atomic E-state index is 0.269. The fraction of sp³-hybridized carbons (Fsp3) is 0.263. The van der Waals surface area contributed by atoms with Crippen molar-refractivity contribution in [2.75, 3.05) is 7.05 Å². The largest absolute Gasteiger partial charge is 0.388 e. The zero-order chi connectivity index (χ0) is 18.4. The number of hydrogen-bond acceptors (Lipinski definition) is 3. The first-order valence-corrected chi connectivity index (χ1v) is 7.97. The Balaban J connectivity index is 1.97. The average molecular weight is 344 g/mol. The van der Waals surface area contributed by atoms with E-state index in [1.54, 1.807) is 25.1 Å². The summed E-state index contributed by atoms with van der Waals surface area (Å²) in [5.74, 6) is -0.965. The molecule has 5 nitrogen and oxygen atoms in total. The van der Waals surface area contributed by atoms with Gasteiger partial charge >= 0.3 is 0 Å². The number of amides is 2. The molecule has 6 heteroatoms. The van der Waals surface area contributed by atoms with E-state index in [1.807, 2.05) is 0 Å². The lowest BCUT2D eigenvalue weighted by Crippen LogP contribution is -2.34. The van der Waals surface area contributed by atoms with Gasteiger partial charge in [-0.1, -0.05) is 18.2 Å². The summed E-state index contributed by atoms with van der Waals surface area (Å²) in [6.07, 6.45) is -0.528. The molecular formula is C19H21FN2O3. The molecule has 0 saturated heterocycles. The molecule has 0 radical (unpaired) electrons. The molecule has 3 N–H and O–H groups in total. The number of carbonyl (C=O) groups is 2.